The molecule has 0 aliphatic heterocycles. The first kappa shape index (κ1) is 9.88. The quantitative estimate of drug-likeness (QED) is 0.667. The number of carbonyl (C=O) groups excluding carboxylic acids is 1. The minimum Gasteiger partial charge on any atom is -0.469 e. The van der Waals surface area contributed by atoms with Gasteiger partial charge in [0.15, 0.2) is 5.78 Å². The second kappa shape index (κ2) is 3.09. The molecule has 0 bridgehead atoms. The van der Waals surface area contributed by atoms with Crippen LogP contribution < -0.4 is 0 Å². The van der Waals surface area contributed by atoms with Gasteiger partial charge in [0.25, 0.3) is 0 Å². The van der Waals surface area contributed by atoms with Crippen LogP contribution in [0.1, 0.15) is 30.2 Å². The number of rotatable bonds is 0. The number of hydrogen-bond donors (Lipinski definition) is 0. The molecule has 84 valence electrons. The Morgan fingerprint density at radius 3 is 3.12 bits per heavy atom. The maximum Gasteiger partial charge on any atom is 0.161 e. The lowest BCUT2D eigenvalue weighted by Gasteiger charge is -2.40. The lowest BCUT2D eigenvalue weighted by Crippen LogP contribution is -2.42. The Kier molecular flexibility index (Phi) is 1.91. The van der Waals surface area contributed by atoms with E-state index in [1.54, 1.807) is 6.08 Å². The fraction of sp³-hybridized carbons (Fsp3) is 0.500. The van der Waals surface area contributed by atoms with Gasteiger partial charge in [-0.3, -0.25) is 4.79 Å². The van der Waals surface area contributed by atoms with E-state index in [1.807, 2.05) is 12.3 Å². The van der Waals surface area contributed by atoms with Crippen molar-refractivity contribution < 1.29 is 9.21 Å². The molecule has 0 fully saturated rings. The summed E-state index contributed by atoms with van der Waals surface area (Å²) in [4.78, 5) is 12.0. The second-order valence-corrected chi connectivity index (χ2v) is 5.32. The van der Waals surface area contributed by atoms with E-state index in [-0.39, 0.29) is 11.2 Å². The third-order valence-corrected chi connectivity index (χ3v) is 4.32. The molecule has 2 heteroatoms. The summed E-state index contributed by atoms with van der Waals surface area (Å²) in [5.41, 5.74) is 2.34. The molecule has 0 N–H and O–H groups in total. The Labute approximate surface area is 95.3 Å². The van der Waals surface area contributed by atoms with Crippen molar-refractivity contribution in [2.75, 3.05) is 0 Å². The van der Waals surface area contributed by atoms with Crippen molar-refractivity contribution in [3.63, 3.8) is 0 Å². The van der Waals surface area contributed by atoms with Crippen LogP contribution in [0.5, 0.6) is 0 Å². The Hall–Kier alpha value is -1.31. The van der Waals surface area contributed by atoms with Crippen LogP contribution >= 0.6 is 0 Å². The molecule has 2 aliphatic rings. The van der Waals surface area contributed by atoms with Gasteiger partial charge in [-0.15, -0.1) is 0 Å². The smallest absolute Gasteiger partial charge is 0.161 e. The maximum absolute atomic E-state index is 12.0. The summed E-state index contributed by atoms with van der Waals surface area (Å²) in [7, 11) is 0. The van der Waals surface area contributed by atoms with Crippen LogP contribution in [0.3, 0.4) is 0 Å². The van der Waals surface area contributed by atoms with E-state index < -0.39 is 0 Å². The largest absolute Gasteiger partial charge is 0.469 e. The van der Waals surface area contributed by atoms with Crippen LogP contribution in [-0.4, -0.2) is 5.78 Å². The Bertz CT molecular complexity index is 481. The number of aryl methyl sites for hydroxylation is 1. The number of carbonyl (C=O) groups is 1. The van der Waals surface area contributed by atoms with Crippen molar-refractivity contribution in [1.29, 1.82) is 0 Å². The lowest BCUT2D eigenvalue weighted by atomic mass is 9.61. The Balaban J connectivity index is 2.07. The predicted molar refractivity (Wildman–Crippen MR) is 61.2 cm³/mol. The average molecular weight is 216 g/mol. The van der Waals surface area contributed by atoms with Gasteiger partial charge in [0.05, 0.1) is 6.26 Å². The van der Waals surface area contributed by atoms with Crippen LogP contribution in [0.4, 0.5) is 0 Å². The van der Waals surface area contributed by atoms with Crippen LogP contribution in [0.2, 0.25) is 0 Å². The summed E-state index contributed by atoms with van der Waals surface area (Å²) in [5.74, 6) is 1.75. The molecular formula is C14H16O2. The number of allylic oxidation sites excluding steroid dienone is 2. The van der Waals surface area contributed by atoms with Gasteiger partial charge < -0.3 is 4.42 Å². The maximum atomic E-state index is 12.0. The molecule has 2 aliphatic carbocycles. The minimum absolute atomic E-state index is 0.230. The fourth-order valence-corrected chi connectivity index (χ4v) is 3.06. The van der Waals surface area contributed by atoms with Gasteiger partial charge in [-0.2, -0.15) is 0 Å². The molecule has 0 amide bonds. The Morgan fingerprint density at radius 1 is 1.50 bits per heavy atom. The van der Waals surface area contributed by atoms with E-state index in [4.69, 9.17) is 4.42 Å². The van der Waals surface area contributed by atoms with Crippen molar-refractivity contribution in [2.45, 2.75) is 33.1 Å². The summed E-state index contributed by atoms with van der Waals surface area (Å²) in [6.07, 6.45) is 8.37. The van der Waals surface area contributed by atoms with E-state index in [1.165, 1.54) is 11.1 Å². The van der Waals surface area contributed by atoms with Gasteiger partial charge >= 0.3 is 0 Å². The molecule has 0 unspecified atom stereocenters. The molecule has 0 spiro atoms. The summed E-state index contributed by atoms with van der Waals surface area (Å²) < 4.78 is 5.57. The van der Waals surface area contributed by atoms with Crippen molar-refractivity contribution in [1.82, 2.24) is 0 Å². The zero-order chi connectivity index (χ0) is 11.3. The van der Waals surface area contributed by atoms with Gasteiger partial charge in [0.1, 0.15) is 5.76 Å². The molecule has 0 saturated carbocycles. The molecule has 3 rings (SSSR count). The van der Waals surface area contributed by atoms with E-state index in [9.17, 15) is 4.79 Å². The van der Waals surface area contributed by atoms with Gasteiger partial charge in [0, 0.05) is 11.8 Å². The molecule has 1 aromatic rings. The normalized spacial score (nSPS) is 32.4. The van der Waals surface area contributed by atoms with Crippen LogP contribution in [0.25, 0.3) is 0 Å². The molecule has 16 heavy (non-hydrogen) atoms. The second-order valence-electron chi connectivity index (χ2n) is 5.32. The summed E-state index contributed by atoms with van der Waals surface area (Å²) in [6.45, 7) is 4.18. The van der Waals surface area contributed by atoms with Crippen molar-refractivity contribution in [3.05, 3.63) is 35.3 Å². The predicted octanol–water partition coefficient (Wildman–Crippen LogP) is 2.84. The summed E-state index contributed by atoms with van der Waals surface area (Å²) in [6, 6.07) is 0. The van der Waals surface area contributed by atoms with Gasteiger partial charge in [0.2, 0.25) is 0 Å². The number of fused-ring (bicyclic) bond motifs is 2. The third-order valence-electron chi connectivity index (χ3n) is 4.32. The van der Waals surface area contributed by atoms with E-state index >= 15 is 0 Å². The van der Waals surface area contributed by atoms with Crippen LogP contribution in [0, 0.1) is 18.3 Å². The van der Waals surface area contributed by atoms with Crippen LogP contribution in [-0.2, 0) is 17.6 Å². The highest BCUT2D eigenvalue weighted by molar-refractivity contribution is 5.96. The average Bonchev–Trinajstić information content (AvgIpc) is 2.59. The summed E-state index contributed by atoms with van der Waals surface area (Å²) in [5, 5.41) is 0. The van der Waals surface area contributed by atoms with Gasteiger partial charge in [-0.05, 0) is 42.9 Å². The van der Waals surface area contributed by atoms with Crippen molar-refractivity contribution in [2.24, 2.45) is 11.3 Å². The first-order chi connectivity index (χ1) is 7.61. The topological polar surface area (TPSA) is 30.2 Å². The Morgan fingerprint density at radius 2 is 2.31 bits per heavy atom. The number of furan rings is 1. The first-order valence-corrected chi connectivity index (χ1v) is 5.88. The van der Waals surface area contributed by atoms with E-state index in [0.717, 1.165) is 25.0 Å². The van der Waals surface area contributed by atoms with Crippen molar-refractivity contribution in [3.8, 4) is 0 Å². The van der Waals surface area contributed by atoms with Crippen LogP contribution in [0.15, 0.2) is 22.8 Å². The van der Waals surface area contributed by atoms with E-state index in [2.05, 4.69) is 13.8 Å². The molecule has 0 saturated heterocycles. The molecule has 2 nitrogen and oxygen atoms in total. The SMILES string of the molecule is Cc1coc2c1C[C@H]1CC=CC(=O)[C@]1(C)C2. The third kappa shape index (κ3) is 1.16. The molecule has 1 heterocycles. The standard InChI is InChI=1S/C14H16O2/c1-9-8-16-12-7-14(2)10(6-11(9)12)4-3-5-13(14)15/h3,5,8,10H,4,6-7H2,1-2H3/t10-,14-/m1/s1. The first-order valence-electron chi connectivity index (χ1n) is 5.88. The van der Waals surface area contributed by atoms with Crippen molar-refractivity contribution >= 4 is 5.78 Å². The highest BCUT2D eigenvalue weighted by Crippen LogP contribution is 2.45. The zero-order valence-corrected chi connectivity index (χ0v) is 9.75. The highest BCUT2D eigenvalue weighted by atomic mass is 16.3. The van der Waals surface area contributed by atoms with E-state index in [0.29, 0.717) is 5.92 Å². The van der Waals surface area contributed by atoms with Gasteiger partial charge in [-0.1, -0.05) is 13.0 Å². The summed E-state index contributed by atoms with van der Waals surface area (Å²) >= 11 is 0. The number of ketones is 1. The van der Waals surface area contributed by atoms with Gasteiger partial charge in [-0.25, -0.2) is 0 Å². The number of hydrogen-bond acceptors (Lipinski definition) is 2. The highest BCUT2D eigenvalue weighted by Gasteiger charge is 2.46. The fourth-order valence-electron chi connectivity index (χ4n) is 3.06. The molecule has 0 aromatic carbocycles. The monoisotopic (exact) mass is 216 g/mol. The molecule has 0 radical (unpaired) electrons. The molecule has 1 aromatic heterocycles. The molecule has 2 atom stereocenters. The molecular weight excluding hydrogens is 200 g/mol. The lowest BCUT2D eigenvalue weighted by molar-refractivity contribution is -0.127. The minimum atomic E-state index is -0.230. The zero-order valence-electron chi connectivity index (χ0n) is 9.75.